The van der Waals surface area contributed by atoms with E-state index in [0.29, 0.717) is 30.8 Å². The number of nitrogens with one attached hydrogen (secondary N) is 1. The van der Waals surface area contributed by atoms with Gasteiger partial charge in [0.1, 0.15) is 5.69 Å². The molecule has 0 saturated carbocycles. The van der Waals surface area contributed by atoms with E-state index < -0.39 is 17.7 Å². The normalized spacial score (nSPS) is 17.4. The molecule has 1 aliphatic rings. The van der Waals surface area contributed by atoms with Crippen molar-refractivity contribution in [1.29, 1.82) is 0 Å². The minimum absolute atomic E-state index is 0.108. The highest BCUT2D eigenvalue weighted by Gasteiger charge is 2.36. The first-order chi connectivity index (χ1) is 12.9. The number of nitrogens with two attached hydrogens (primary N) is 1. The third-order valence-corrected chi connectivity index (χ3v) is 4.57. The van der Waals surface area contributed by atoms with Crippen LogP contribution in [0.1, 0.15) is 51.4 Å². The maximum atomic E-state index is 12.9. The van der Waals surface area contributed by atoms with E-state index >= 15 is 0 Å². The summed E-state index contributed by atoms with van der Waals surface area (Å²) < 4.78 is 0. The molecule has 1 aromatic carbocycles. The van der Waals surface area contributed by atoms with Crippen LogP contribution in [-0.2, 0) is 11.3 Å². The molecule has 140 valence electrons. The van der Waals surface area contributed by atoms with E-state index in [1.807, 2.05) is 30.3 Å². The molecule has 2 heterocycles. The van der Waals surface area contributed by atoms with Crippen molar-refractivity contribution < 1.29 is 19.5 Å². The number of allylic oxidation sites excluding steroid dienone is 2. The number of nitrogens with zero attached hydrogens (tertiary/aromatic N) is 1. The van der Waals surface area contributed by atoms with Gasteiger partial charge < -0.3 is 20.7 Å². The lowest BCUT2D eigenvalue weighted by Gasteiger charge is -2.17. The van der Waals surface area contributed by atoms with Gasteiger partial charge in [-0.2, -0.15) is 0 Å². The summed E-state index contributed by atoms with van der Waals surface area (Å²) in [5.41, 5.74) is 7.30. The van der Waals surface area contributed by atoms with E-state index in [2.05, 4.69) is 4.98 Å². The number of rotatable bonds is 6. The second kappa shape index (κ2) is 7.49. The number of aromatic carboxylic acids is 1. The summed E-state index contributed by atoms with van der Waals surface area (Å²) in [6, 6.07) is 11.0. The Morgan fingerprint density at radius 1 is 1.33 bits per heavy atom. The van der Waals surface area contributed by atoms with Crippen molar-refractivity contribution in [2.75, 3.05) is 6.54 Å². The third kappa shape index (κ3) is 3.92. The second-order valence-electron chi connectivity index (χ2n) is 6.66. The number of benzene rings is 1. The van der Waals surface area contributed by atoms with Gasteiger partial charge in [-0.25, -0.2) is 4.79 Å². The van der Waals surface area contributed by atoms with Gasteiger partial charge in [-0.05, 0) is 30.5 Å². The number of ketones is 1. The quantitative estimate of drug-likeness (QED) is 0.535. The topological polar surface area (TPSA) is 116 Å². The largest absolute Gasteiger partial charge is 0.477 e. The zero-order chi connectivity index (χ0) is 19.6. The van der Waals surface area contributed by atoms with E-state index in [1.165, 1.54) is 12.1 Å². The maximum absolute atomic E-state index is 12.9. The number of carbonyl (C=O) groups is 3. The monoisotopic (exact) mass is 367 g/mol. The van der Waals surface area contributed by atoms with Crippen LogP contribution in [0.2, 0.25) is 0 Å². The summed E-state index contributed by atoms with van der Waals surface area (Å²) in [5, 5.41) is 9.26. The lowest BCUT2D eigenvalue weighted by molar-refractivity contribution is -0.129. The first kappa shape index (κ1) is 18.4. The van der Waals surface area contributed by atoms with Crippen molar-refractivity contribution in [3.8, 4) is 0 Å². The summed E-state index contributed by atoms with van der Waals surface area (Å²) in [4.78, 5) is 41.0. The summed E-state index contributed by atoms with van der Waals surface area (Å²) >= 11 is 0. The molecule has 2 aromatic rings. The Kier molecular flexibility index (Phi) is 5.12. The van der Waals surface area contributed by atoms with Crippen molar-refractivity contribution in [3.63, 3.8) is 0 Å². The molecule has 27 heavy (non-hydrogen) atoms. The highest BCUT2D eigenvalue weighted by atomic mass is 16.4. The Labute approximate surface area is 156 Å². The van der Waals surface area contributed by atoms with Gasteiger partial charge in [-0.1, -0.05) is 30.3 Å². The molecule has 1 aliphatic heterocycles. The van der Waals surface area contributed by atoms with Crippen LogP contribution in [0.3, 0.4) is 0 Å². The number of carbonyl (C=O) groups excluding carboxylic acids is 2. The van der Waals surface area contributed by atoms with Gasteiger partial charge in [0.15, 0.2) is 0 Å². The first-order valence-electron chi connectivity index (χ1n) is 8.64. The van der Waals surface area contributed by atoms with Crippen LogP contribution in [0.15, 0.2) is 48.2 Å². The second-order valence-corrected chi connectivity index (χ2v) is 6.66. The number of carboxylic acids is 1. The molecule has 1 saturated heterocycles. The number of aromatic amines is 1. The molecule has 0 aliphatic carbocycles. The van der Waals surface area contributed by atoms with E-state index in [9.17, 15) is 19.5 Å². The fraction of sp³-hybridized carbons (Fsp3) is 0.250. The van der Waals surface area contributed by atoms with E-state index in [1.54, 1.807) is 11.8 Å². The van der Waals surface area contributed by atoms with Gasteiger partial charge in [0.05, 0.1) is 11.6 Å². The standard InChI is InChI=1S/C20H21N3O4/c1-12(21)9-17(24)18-15(10-16(22-18)20(26)27)14-7-8-23(19(14)25)11-13-5-3-2-4-6-13/h2-6,9-10,14,22H,7-8,11,21H2,1H3,(H,26,27)/b12-9-. The van der Waals surface area contributed by atoms with Crippen LogP contribution in [0.25, 0.3) is 0 Å². The Morgan fingerprint density at radius 3 is 2.67 bits per heavy atom. The number of H-pyrrole nitrogens is 1. The summed E-state index contributed by atoms with van der Waals surface area (Å²) in [5.74, 6) is -2.29. The van der Waals surface area contributed by atoms with Gasteiger partial charge in [-0.15, -0.1) is 0 Å². The number of hydrogen-bond donors (Lipinski definition) is 3. The lowest BCUT2D eigenvalue weighted by atomic mass is 9.96. The molecule has 4 N–H and O–H groups in total. The van der Waals surface area contributed by atoms with E-state index in [4.69, 9.17) is 5.73 Å². The Hall–Kier alpha value is -3.35. The van der Waals surface area contributed by atoms with Crippen molar-refractivity contribution in [1.82, 2.24) is 9.88 Å². The van der Waals surface area contributed by atoms with Crippen molar-refractivity contribution in [2.24, 2.45) is 5.73 Å². The minimum atomic E-state index is -1.18. The summed E-state index contributed by atoms with van der Waals surface area (Å²) in [6.07, 6.45) is 1.75. The van der Waals surface area contributed by atoms with Gasteiger partial charge >= 0.3 is 5.97 Å². The zero-order valence-corrected chi connectivity index (χ0v) is 14.9. The fourth-order valence-electron chi connectivity index (χ4n) is 3.33. The lowest BCUT2D eigenvalue weighted by Crippen LogP contribution is -2.26. The van der Waals surface area contributed by atoms with Crippen LogP contribution < -0.4 is 5.73 Å². The molecule has 0 bridgehead atoms. The smallest absolute Gasteiger partial charge is 0.352 e. The molecule has 1 fully saturated rings. The average Bonchev–Trinajstić information content (AvgIpc) is 3.20. The SMILES string of the molecule is C/C(N)=C/C(=O)c1[nH]c(C(=O)O)cc1C1CCN(Cc2ccccc2)C1=O. The molecule has 3 rings (SSSR count). The Bertz CT molecular complexity index is 911. The number of hydrogen-bond acceptors (Lipinski definition) is 4. The number of carboxylic acid groups (broad SMARTS) is 1. The molecular weight excluding hydrogens is 346 g/mol. The molecular formula is C20H21N3O4. The molecule has 1 atom stereocenters. The molecule has 1 aromatic heterocycles. The van der Waals surface area contributed by atoms with E-state index in [-0.39, 0.29) is 17.3 Å². The Morgan fingerprint density at radius 2 is 2.04 bits per heavy atom. The van der Waals surface area contributed by atoms with Crippen LogP contribution >= 0.6 is 0 Å². The summed E-state index contributed by atoms with van der Waals surface area (Å²) in [7, 11) is 0. The van der Waals surface area contributed by atoms with Gasteiger partial charge in [0.2, 0.25) is 11.7 Å². The number of likely N-dealkylation sites (tertiary alicyclic amines) is 1. The molecule has 1 unspecified atom stereocenters. The van der Waals surface area contributed by atoms with Gasteiger partial charge in [0, 0.05) is 24.9 Å². The van der Waals surface area contributed by atoms with E-state index in [0.717, 1.165) is 5.56 Å². The van der Waals surface area contributed by atoms with Crippen molar-refractivity contribution >= 4 is 17.7 Å². The third-order valence-electron chi connectivity index (χ3n) is 4.57. The highest BCUT2D eigenvalue weighted by molar-refractivity contribution is 6.07. The van der Waals surface area contributed by atoms with Crippen molar-refractivity contribution in [3.05, 3.63) is 70.7 Å². The minimum Gasteiger partial charge on any atom is -0.477 e. The first-order valence-corrected chi connectivity index (χ1v) is 8.64. The van der Waals surface area contributed by atoms with Crippen LogP contribution in [-0.4, -0.2) is 39.2 Å². The van der Waals surface area contributed by atoms with Gasteiger partial charge in [-0.3, -0.25) is 9.59 Å². The average molecular weight is 367 g/mol. The summed E-state index contributed by atoms with van der Waals surface area (Å²) in [6.45, 7) is 2.60. The molecule has 0 radical (unpaired) electrons. The number of amides is 1. The number of aromatic nitrogens is 1. The predicted molar refractivity (Wildman–Crippen MR) is 99.2 cm³/mol. The van der Waals surface area contributed by atoms with Crippen LogP contribution in [0.5, 0.6) is 0 Å². The molecule has 7 heteroatoms. The molecule has 0 spiro atoms. The highest BCUT2D eigenvalue weighted by Crippen LogP contribution is 2.33. The van der Waals surface area contributed by atoms with Crippen LogP contribution in [0, 0.1) is 0 Å². The zero-order valence-electron chi connectivity index (χ0n) is 14.9. The molecule has 1 amide bonds. The molecule has 7 nitrogen and oxygen atoms in total. The van der Waals surface area contributed by atoms with Gasteiger partial charge in [0.25, 0.3) is 0 Å². The fourth-order valence-corrected chi connectivity index (χ4v) is 3.33. The maximum Gasteiger partial charge on any atom is 0.352 e. The van der Waals surface area contributed by atoms with Crippen molar-refractivity contribution in [2.45, 2.75) is 25.8 Å². The predicted octanol–water partition coefficient (Wildman–Crippen LogP) is 2.27. The van der Waals surface area contributed by atoms with Crippen LogP contribution in [0.4, 0.5) is 0 Å². The Balaban J connectivity index is 1.89.